The van der Waals surface area contributed by atoms with E-state index in [4.69, 9.17) is 4.74 Å². The van der Waals surface area contributed by atoms with Crippen LogP contribution in [0.1, 0.15) is 39.5 Å². The lowest BCUT2D eigenvalue weighted by molar-refractivity contribution is -0.155. The molecule has 2 fully saturated rings. The van der Waals surface area contributed by atoms with Gasteiger partial charge in [-0.2, -0.15) is 0 Å². The van der Waals surface area contributed by atoms with Crippen LogP contribution in [0.3, 0.4) is 0 Å². The first-order valence-corrected chi connectivity index (χ1v) is 8.78. The fourth-order valence-electron chi connectivity index (χ4n) is 4.31. The summed E-state index contributed by atoms with van der Waals surface area (Å²) in [5.41, 5.74) is -0.245. The van der Waals surface area contributed by atoms with Gasteiger partial charge in [-0.1, -0.05) is 18.2 Å². The first-order valence-electron chi connectivity index (χ1n) is 8.78. The van der Waals surface area contributed by atoms with Gasteiger partial charge in [0.05, 0.1) is 11.6 Å². The topological polar surface area (TPSA) is 49.9 Å². The van der Waals surface area contributed by atoms with E-state index in [1.807, 2.05) is 40.1 Å². The first-order chi connectivity index (χ1) is 11.5. The molecule has 1 aromatic carbocycles. The second kappa shape index (κ2) is 6.83. The van der Waals surface area contributed by atoms with Crippen molar-refractivity contribution >= 4 is 11.8 Å². The molecule has 0 N–H and O–H groups in total. The molecule has 2 heterocycles. The smallest absolute Gasteiger partial charge is 0.260 e. The Balaban J connectivity index is 1.71. The summed E-state index contributed by atoms with van der Waals surface area (Å²) >= 11 is 0. The molecule has 2 aliphatic heterocycles. The van der Waals surface area contributed by atoms with Crippen molar-refractivity contribution in [2.45, 2.75) is 51.1 Å². The van der Waals surface area contributed by atoms with E-state index in [2.05, 4.69) is 6.92 Å². The molecule has 130 valence electrons. The van der Waals surface area contributed by atoms with Crippen molar-refractivity contribution in [1.82, 2.24) is 9.80 Å². The molecule has 2 aliphatic rings. The maximum absolute atomic E-state index is 12.7. The number of rotatable bonds is 3. The number of hydrogen-bond acceptors (Lipinski definition) is 3. The predicted octanol–water partition coefficient (Wildman–Crippen LogP) is 2.46. The Morgan fingerprint density at radius 1 is 1.21 bits per heavy atom. The van der Waals surface area contributed by atoms with Crippen molar-refractivity contribution in [3.8, 4) is 5.75 Å². The van der Waals surface area contributed by atoms with E-state index in [9.17, 15) is 9.59 Å². The molecule has 1 aromatic rings. The van der Waals surface area contributed by atoms with E-state index < -0.39 is 0 Å². The minimum absolute atomic E-state index is 0.0141. The van der Waals surface area contributed by atoms with Crippen LogP contribution in [0.15, 0.2) is 30.3 Å². The van der Waals surface area contributed by atoms with Crippen molar-refractivity contribution < 1.29 is 14.3 Å². The van der Waals surface area contributed by atoms with Gasteiger partial charge in [-0.25, -0.2) is 0 Å². The zero-order chi connectivity index (χ0) is 17.2. The van der Waals surface area contributed by atoms with Crippen LogP contribution in [0.25, 0.3) is 0 Å². The van der Waals surface area contributed by atoms with Crippen molar-refractivity contribution in [3.63, 3.8) is 0 Å². The molecule has 2 amide bonds. The third-order valence-electron chi connectivity index (χ3n) is 5.46. The normalized spacial score (nSPS) is 26.7. The molecule has 0 spiro atoms. The van der Waals surface area contributed by atoms with E-state index >= 15 is 0 Å². The molecule has 0 unspecified atom stereocenters. The Morgan fingerprint density at radius 2 is 1.96 bits per heavy atom. The highest BCUT2D eigenvalue weighted by molar-refractivity contribution is 5.79. The molecule has 24 heavy (non-hydrogen) atoms. The lowest BCUT2D eigenvalue weighted by Crippen LogP contribution is -2.68. The van der Waals surface area contributed by atoms with Crippen LogP contribution < -0.4 is 4.74 Å². The molecular formula is C19H26N2O3. The second-order valence-corrected chi connectivity index (χ2v) is 6.98. The van der Waals surface area contributed by atoms with Crippen LogP contribution >= 0.6 is 0 Å². The Hall–Kier alpha value is -2.04. The summed E-state index contributed by atoms with van der Waals surface area (Å²) in [5, 5.41) is 0. The number of carbonyl (C=O) groups excluding carboxylic acids is 2. The van der Waals surface area contributed by atoms with Gasteiger partial charge in [0.2, 0.25) is 5.91 Å². The number of likely N-dealkylation sites (tertiary alicyclic amines) is 2. The second-order valence-electron chi connectivity index (χ2n) is 6.98. The lowest BCUT2D eigenvalue weighted by Gasteiger charge is -2.56. The Kier molecular flexibility index (Phi) is 4.78. The van der Waals surface area contributed by atoms with Gasteiger partial charge in [0.25, 0.3) is 5.91 Å². The van der Waals surface area contributed by atoms with E-state index in [0.717, 1.165) is 38.8 Å². The lowest BCUT2D eigenvalue weighted by atomic mass is 9.76. The van der Waals surface area contributed by atoms with Gasteiger partial charge in [-0.3, -0.25) is 9.59 Å². The Bertz CT molecular complexity index is 604. The minimum atomic E-state index is -0.245. The van der Waals surface area contributed by atoms with Gasteiger partial charge in [0.1, 0.15) is 5.75 Å². The molecular weight excluding hydrogens is 304 g/mol. The van der Waals surface area contributed by atoms with E-state index in [1.165, 1.54) is 0 Å². The van der Waals surface area contributed by atoms with E-state index in [0.29, 0.717) is 5.75 Å². The molecule has 0 radical (unpaired) electrons. The highest BCUT2D eigenvalue weighted by atomic mass is 16.5. The zero-order valence-electron chi connectivity index (χ0n) is 14.5. The average molecular weight is 330 g/mol. The van der Waals surface area contributed by atoms with Crippen LogP contribution in [0.2, 0.25) is 0 Å². The van der Waals surface area contributed by atoms with Gasteiger partial charge in [-0.15, -0.1) is 0 Å². The van der Waals surface area contributed by atoms with Crippen LogP contribution in [-0.4, -0.2) is 52.9 Å². The van der Waals surface area contributed by atoms with Crippen LogP contribution in [0, 0.1) is 0 Å². The summed E-state index contributed by atoms with van der Waals surface area (Å²) < 4.78 is 5.64. The number of para-hydroxylation sites is 1. The number of nitrogens with zero attached hydrogens (tertiary/aromatic N) is 2. The maximum atomic E-state index is 12.7. The predicted molar refractivity (Wildman–Crippen MR) is 91.7 cm³/mol. The largest absolute Gasteiger partial charge is 0.484 e. The third-order valence-corrected chi connectivity index (χ3v) is 5.46. The standard InChI is InChI=1S/C19H26N2O3/c1-15(22)21-13-6-10-17-19(21,2)11-7-12-20(17)18(23)14-24-16-8-4-3-5-9-16/h3-5,8-9,17H,6-7,10-14H2,1-2H3/t17-,19-/m0/s1. The maximum Gasteiger partial charge on any atom is 0.260 e. The van der Waals surface area contributed by atoms with Crippen molar-refractivity contribution in [1.29, 1.82) is 0 Å². The van der Waals surface area contributed by atoms with Gasteiger partial charge >= 0.3 is 0 Å². The molecule has 2 atom stereocenters. The number of amides is 2. The summed E-state index contributed by atoms with van der Waals surface area (Å²) in [6, 6.07) is 9.50. The number of benzene rings is 1. The van der Waals surface area contributed by atoms with E-state index in [1.54, 1.807) is 6.92 Å². The summed E-state index contributed by atoms with van der Waals surface area (Å²) in [6.45, 7) is 5.37. The van der Waals surface area contributed by atoms with Crippen LogP contribution in [0.4, 0.5) is 0 Å². The number of piperidine rings is 2. The quantitative estimate of drug-likeness (QED) is 0.855. The zero-order valence-corrected chi connectivity index (χ0v) is 14.5. The molecule has 0 saturated carbocycles. The highest BCUT2D eigenvalue weighted by Gasteiger charge is 2.49. The fraction of sp³-hybridized carbons (Fsp3) is 0.579. The molecule has 5 heteroatoms. The molecule has 5 nitrogen and oxygen atoms in total. The number of carbonyl (C=O) groups is 2. The number of fused-ring (bicyclic) bond motifs is 1. The van der Waals surface area contributed by atoms with Crippen LogP contribution in [-0.2, 0) is 9.59 Å². The summed E-state index contributed by atoms with van der Waals surface area (Å²) in [5.74, 6) is 0.830. The van der Waals surface area contributed by atoms with Crippen molar-refractivity contribution in [3.05, 3.63) is 30.3 Å². The molecule has 3 rings (SSSR count). The fourth-order valence-corrected chi connectivity index (χ4v) is 4.31. The number of hydrogen-bond donors (Lipinski definition) is 0. The third kappa shape index (κ3) is 3.12. The Morgan fingerprint density at radius 3 is 2.67 bits per heavy atom. The summed E-state index contributed by atoms with van der Waals surface area (Å²) in [4.78, 5) is 28.7. The first kappa shape index (κ1) is 16.8. The monoisotopic (exact) mass is 330 g/mol. The SMILES string of the molecule is CC(=O)N1CCC[C@@H]2N(C(=O)COc3ccccc3)CCC[C@@]21C. The van der Waals surface area contributed by atoms with E-state index in [-0.39, 0.29) is 30.0 Å². The van der Waals surface area contributed by atoms with Gasteiger partial charge < -0.3 is 14.5 Å². The van der Waals surface area contributed by atoms with Gasteiger partial charge in [0, 0.05) is 20.0 Å². The molecule has 0 aliphatic carbocycles. The van der Waals surface area contributed by atoms with Crippen molar-refractivity contribution in [2.24, 2.45) is 0 Å². The molecule has 0 aromatic heterocycles. The van der Waals surface area contributed by atoms with Crippen molar-refractivity contribution in [2.75, 3.05) is 19.7 Å². The minimum Gasteiger partial charge on any atom is -0.484 e. The average Bonchev–Trinajstić information content (AvgIpc) is 2.58. The summed E-state index contributed by atoms with van der Waals surface area (Å²) in [6.07, 6.45) is 3.79. The highest BCUT2D eigenvalue weighted by Crippen LogP contribution is 2.39. The molecule has 2 saturated heterocycles. The van der Waals surface area contributed by atoms with Gasteiger partial charge in [0.15, 0.2) is 6.61 Å². The van der Waals surface area contributed by atoms with Gasteiger partial charge in [-0.05, 0) is 44.7 Å². The summed E-state index contributed by atoms with van der Waals surface area (Å²) in [7, 11) is 0. The number of ether oxygens (including phenoxy) is 1. The Labute approximate surface area is 143 Å². The van der Waals surface area contributed by atoms with Crippen LogP contribution in [0.5, 0.6) is 5.75 Å². The molecule has 0 bridgehead atoms.